The van der Waals surface area contributed by atoms with Gasteiger partial charge in [0.05, 0.1) is 13.0 Å². The molecule has 0 unspecified atom stereocenters. The monoisotopic (exact) mass is 324 g/mol. The molecule has 22 heavy (non-hydrogen) atoms. The van der Waals surface area contributed by atoms with E-state index in [0.717, 1.165) is 18.6 Å². The molecule has 0 atom stereocenters. The molecule has 0 radical (unpaired) electrons. The van der Waals surface area contributed by atoms with E-state index in [4.69, 9.17) is 16.3 Å². The van der Waals surface area contributed by atoms with Crippen molar-refractivity contribution in [1.82, 2.24) is 10.2 Å². The zero-order chi connectivity index (χ0) is 15.8. The SMILES string of the molecule is O=C(CCOc1ccccc1)NC1CCN(C(=O)CCl)CC1. The summed E-state index contributed by atoms with van der Waals surface area (Å²) in [7, 11) is 0. The van der Waals surface area contributed by atoms with Crippen molar-refractivity contribution >= 4 is 23.4 Å². The molecule has 0 bridgehead atoms. The molecule has 1 aromatic rings. The molecule has 0 aromatic heterocycles. The van der Waals surface area contributed by atoms with E-state index in [9.17, 15) is 9.59 Å². The summed E-state index contributed by atoms with van der Waals surface area (Å²) in [5.41, 5.74) is 0. The van der Waals surface area contributed by atoms with E-state index in [0.29, 0.717) is 26.1 Å². The van der Waals surface area contributed by atoms with Gasteiger partial charge in [-0.2, -0.15) is 0 Å². The van der Waals surface area contributed by atoms with Gasteiger partial charge >= 0.3 is 0 Å². The standard InChI is InChI=1S/C16H21ClN2O3/c17-12-16(21)19-9-6-13(7-10-19)18-15(20)8-11-22-14-4-2-1-3-5-14/h1-5,13H,6-12H2,(H,18,20). The Morgan fingerprint density at radius 3 is 2.55 bits per heavy atom. The molecule has 0 aliphatic carbocycles. The Bertz CT molecular complexity index is 487. The van der Waals surface area contributed by atoms with Crippen LogP contribution in [0.2, 0.25) is 0 Å². The first-order valence-electron chi connectivity index (χ1n) is 7.50. The first-order chi connectivity index (χ1) is 10.7. The van der Waals surface area contributed by atoms with E-state index < -0.39 is 0 Å². The molecular weight excluding hydrogens is 304 g/mol. The van der Waals surface area contributed by atoms with E-state index >= 15 is 0 Å². The maximum Gasteiger partial charge on any atom is 0.237 e. The minimum atomic E-state index is -0.0392. The number of rotatable bonds is 6. The number of ether oxygens (including phenoxy) is 1. The van der Waals surface area contributed by atoms with Gasteiger partial charge in [-0.15, -0.1) is 11.6 Å². The van der Waals surface area contributed by atoms with Crippen LogP contribution < -0.4 is 10.1 Å². The number of nitrogens with zero attached hydrogens (tertiary/aromatic N) is 1. The number of alkyl halides is 1. The van der Waals surface area contributed by atoms with Gasteiger partial charge < -0.3 is 15.0 Å². The molecule has 1 fully saturated rings. The quantitative estimate of drug-likeness (QED) is 0.812. The number of benzene rings is 1. The number of halogens is 1. The molecule has 1 heterocycles. The fourth-order valence-corrected chi connectivity index (χ4v) is 2.60. The third-order valence-corrected chi connectivity index (χ3v) is 3.90. The summed E-state index contributed by atoms with van der Waals surface area (Å²) >= 11 is 5.54. The predicted molar refractivity (Wildman–Crippen MR) is 85.0 cm³/mol. The molecule has 1 saturated heterocycles. The number of nitrogens with one attached hydrogen (secondary N) is 1. The summed E-state index contributed by atoms with van der Waals surface area (Å²) in [6, 6.07) is 9.56. The van der Waals surface area contributed by atoms with Crippen LogP contribution in [-0.2, 0) is 9.59 Å². The van der Waals surface area contributed by atoms with Crippen LogP contribution >= 0.6 is 11.6 Å². The summed E-state index contributed by atoms with van der Waals surface area (Å²) in [5, 5.41) is 2.99. The number of likely N-dealkylation sites (tertiary alicyclic amines) is 1. The molecule has 1 aliphatic heterocycles. The number of para-hydroxylation sites is 1. The van der Waals surface area contributed by atoms with Gasteiger partial charge in [0, 0.05) is 19.1 Å². The van der Waals surface area contributed by atoms with Crippen LogP contribution in [0.4, 0.5) is 0 Å². The second kappa shape index (κ2) is 8.63. The molecule has 1 aliphatic rings. The highest BCUT2D eigenvalue weighted by atomic mass is 35.5. The van der Waals surface area contributed by atoms with E-state index in [1.165, 1.54) is 0 Å². The van der Waals surface area contributed by atoms with Crippen molar-refractivity contribution in [1.29, 1.82) is 0 Å². The van der Waals surface area contributed by atoms with Gasteiger partial charge in [-0.3, -0.25) is 9.59 Å². The summed E-state index contributed by atoms with van der Waals surface area (Å²) in [6.45, 7) is 1.66. The first-order valence-corrected chi connectivity index (χ1v) is 8.03. The summed E-state index contributed by atoms with van der Waals surface area (Å²) in [5.74, 6) is 0.734. The molecule has 1 N–H and O–H groups in total. The van der Waals surface area contributed by atoms with Crippen molar-refractivity contribution in [3.8, 4) is 5.75 Å². The van der Waals surface area contributed by atoms with Crippen LogP contribution in [0.5, 0.6) is 5.75 Å². The molecule has 2 rings (SSSR count). The molecule has 2 amide bonds. The highest BCUT2D eigenvalue weighted by molar-refractivity contribution is 6.27. The smallest absolute Gasteiger partial charge is 0.237 e. The average molecular weight is 325 g/mol. The highest BCUT2D eigenvalue weighted by Gasteiger charge is 2.23. The summed E-state index contributed by atoms with van der Waals surface area (Å²) in [4.78, 5) is 25.1. The van der Waals surface area contributed by atoms with Gasteiger partial charge in [-0.05, 0) is 25.0 Å². The number of carbonyl (C=O) groups excluding carboxylic acids is 2. The maximum atomic E-state index is 11.9. The number of hydrogen-bond acceptors (Lipinski definition) is 3. The Morgan fingerprint density at radius 1 is 1.23 bits per heavy atom. The molecule has 5 nitrogen and oxygen atoms in total. The van der Waals surface area contributed by atoms with Gasteiger partial charge in [0.1, 0.15) is 11.6 Å². The lowest BCUT2D eigenvalue weighted by molar-refractivity contribution is -0.129. The lowest BCUT2D eigenvalue weighted by Crippen LogP contribution is -2.47. The minimum Gasteiger partial charge on any atom is -0.493 e. The van der Waals surface area contributed by atoms with Gasteiger partial charge in [0.25, 0.3) is 0 Å². The lowest BCUT2D eigenvalue weighted by Gasteiger charge is -2.32. The van der Waals surface area contributed by atoms with Gasteiger partial charge in [0.2, 0.25) is 11.8 Å². The highest BCUT2D eigenvalue weighted by Crippen LogP contribution is 2.12. The topological polar surface area (TPSA) is 58.6 Å². The van der Waals surface area contributed by atoms with E-state index in [2.05, 4.69) is 5.32 Å². The Morgan fingerprint density at radius 2 is 1.91 bits per heavy atom. The normalized spacial score (nSPS) is 15.4. The van der Waals surface area contributed by atoms with Crippen LogP contribution in [0.1, 0.15) is 19.3 Å². The number of piperidine rings is 1. The van der Waals surface area contributed by atoms with Crippen LogP contribution in [0, 0.1) is 0 Å². The molecule has 6 heteroatoms. The van der Waals surface area contributed by atoms with Crippen LogP contribution in [0.3, 0.4) is 0 Å². The first kappa shape index (κ1) is 16.6. The zero-order valence-electron chi connectivity index (χ0n) is 12.5. The van der Waals surface area contributed by atoms with Crippen molar-refractivity contribution in [2.75, 3.05) is 25.6 Å². The lowest BCUT2D eigenvalue weighted by atomic mass is 10.0. The Kier molecular flexibility index (Phi) is 6.52. The minimum absolute atomic E-state index is 0.0157. The van der Waals surface area contributed by atoms with Crippen molar-refractivity contribution < 1.29 is 14.3 Å². The van der Waals surface area contributed by atoms with Crippen molar-refractivity contribution in [3.63, 3.8) is 0 Å². The molecule has 1 aromatic carbocycles. The van der Waals surface area contributed by atoms with Gasteiger partial charge in [0.15, 0.2) is 0 Å². The number of carbonyl (C=O) groups is 2. The second-order valence-electron chi connectivity index (χ2n) is 5.27. The van der Waals surface area contributed by atoms with Crippen molar-refractivity contribution in [2.45, 2.75) is 25.3 Å². The van der Waals surface area contributed by atoms with Crippen LogP contribution in [0.15, 0.2) is 30.3 Å². The van der Waals surface area contributed by atoms with Crippen LogP contribution in [0.25, 0.3) is 0 Å². The predicted octanol–water partition coefficient (Wildman–Crippen LogP) is 1.80. The summed E-state index contributed by atoms with van der Waals surface area (Å²) < 4.78 is 5.50. The zero-order valence-corrected chi connectivity index (χ0v) is 13.2. The second-order valence-corrected chi connectivity index (χ2v) is 5.53. The largest absolute Gasteiger partial charge is 0.493 e. The third-order valence-electron chi connectivity index (χ3n) is 3.67. The molecule has 0 spiro atoms. The third kappa shape index (κ3) is 5.22. The van der Waals surface area contributed by atoms with Crippen molar-refractivity contribution in [3.05, 3.63) is 30.3 Å². The fourth-order valence-electron chi connectivity index (χ4n) is 2.44. The molecule has 0 saturated carbocycles. The van der Waals surface area contributed by atoms with E-state index in [-0.39, 0.29) is 23.7 Å². The van der Waals surface area contributed by atoms with Gasteiger partial charge in [-0.25, -0.2) is 0 Å². The molecule has 120 valence electrons. The summed E-state index contributed by atoms with van der Waals surface area (Å²) in [6.07, 6.45) is 1.87. The number of amides is 2. The molecular formula is C16H21ClN2O3. The van der Waals surface area contributed by atoms with E-state index in [1.807, 2.05) is 30.3 Å². The maximum absolute atomic E-state index is 11.9. The Hall–Kier alpha value is -1.75. The van der Waals surface area contributed by atoms with E-state index in [1.54, 1.807) is 4.90 Å². The fraction of sp³-hybridized carbons (Fsp3) is 0.500. The van der Waals surface area contributed by atoms with Crippen LogP contribution in [-0.4, -0.2) is 48.3 Å². The Labute approximate surface area is 135 Å². The average Bonchev–Trinajstić information content (AvgIpc) is 2.56. The number of hydrogen-bond donors (Lipinski definition) is 1. The Balaban J connectivity index is 1.63. The van der Waals surface area contributed by atoms with Gasteiger partial charge in [-0.1, -0.05) is 18.2 Å². The van der Waals surface area contributed by atoms with Crippen molar-refractivity contribution in [2.24, 2.45) is 0 Å².